The molecule has 22 heavy (non-hydrogen) atoms. The van der Waals surface area contributed by atoms with Crippen LogP contribution in [0.2, 0.25) is 0 Å². The van der Waals surface area contributed by atoms with Crippen molar-refractivity contribution in [1.82, 2.24) is 9.78 Å². The number of carboxylic acids is 1. The van der Waals surface area contributed by atoms with Crippen LogP contribution in [0.1, 0.15) is 15.9 Å². The minimum atomic E-state index is -0.933. The Kier molecular flexibility index (Phi) is 3.52. The molecule has 0 saturated carbocycles. The SMILES string of the molecule is Cc1cc(Nc2ccc3cnn(CO)c3c2)ccc1C(=O)O. The molecule has 0 fully saturated rings. The Morgan fingerprint density at radius 3 is 2.64 bits per heavy atom. The zero-order valence-electron chi connectivity index (χ0n) is 11.9. The molecule has 3 rings (SSSR count). The van der Waals surface area contributed by atoms with Gasteiger partial charge in [0.2, 0.25) is 0 Å². The minimum absolute atomic E-state index is 0.181. The van der Waals surface area contributed by atoms with Gasteiger partial charge < -0.3 is 15.5 Å². The molecule has 6 nitrogen and oxygen atoms in total. The number of benzene rings is 2. The maximum absolute atomic E-state index is 11.0. The molecule has 112 valence electrons. The van der Waals surface area contributed by atoms with Crippen molar-refractivity contribution in [3.63, 3.8) is 0 Å². The number of nitrogens with one attached hydrogen (secondary N) is 1. The molecule has 0 aliphatic rings. The number of carboxylic acid groups (broad SMARTS) is 1. The van der Waals surface area contributed by atoms with Crippen molar-refractivity contribution in [2.24, 2.45) is 0 Å². The molecule has 0 amide bonds. The lowest BCUT2D eigenvalue weighted by Gasteiger charge is -2.09. The molecule has 1 aromatic heterocycles. The van der Waals surface area contributed by atoms with Crippen LogP contribution in [0.4, 0.5) is 11.4 Å². The lowest BCUT2D eigenvalue weighted by molar-refractivity contribution is 0.0696. The summed E-state index contributed by atoms with van der Waals surface area (Å²) in [5.41, 5.74) is 3.45. The van der Waals surface area contributed by atoms with Gasteiger partial charge in [-0.1, -0.05) is 0 Å². The molecule has 0 atom stereocenters. The normalized spacial score (nSPS) is 10.8. The molecular formula is C16H15N3O3. The van der Waals surface area contributed by atoms with Crippen molar-refractivity contribution >= 4 is 28.2 Å². The van der Waals surface area contributed by atoms with Crippen molar-refractivity contribution in [2.75, 3.05) is 5.32 Å². The molecule has 0 radical (unpaired) electrons. The Morgan fingerprint density at radius 2 is 1.95 bits per heavy atom. The number of aliphatic hydroxyl groups excluding tert-OH is 1. The third-order valence-corrected chi connectivity index (χ3v) is 3.52. The van der Waals surface area contributed by atoms with Crippen LogP contribution >= 0.6 is 0 Å². The maximum Gasteiger partial charge on any atom is 0.335 e. The van der Waals surface area contributed by atoms with Crippen molar-refractivity contribution in [3.8, 4) is 0 Å². The molecule has 0 bridgehead atoms. The lowest BCUT2D eigenvalue weighted by atomic mass is 10.1. The van der Waals surface area contributed by atoms with E-state index in [0.717, 1.165) is 22.3 Å². The number of aryl methyl sites for hydroxylation is 1. The van der Waals surface area contributed by atoms with Crippen LogP contribution in [0.5, 0.6) is 0 Å². The minimum Gasteiger partial charge on any atom is -0.478 e. The molecule has 0 unspecified atom stereocenters. The summed E-state index contributed by atoms with van der Waals surface area (Å²) in [6, 6.07) is 10.8. The summed E-state index contributed by atoms with van der Waals surface area (Å²) in [6.07, 6.45) is 1.70. The summed E-state index contributed by atoms with van der Waals surface area (Å²) in [5.74, 6) is -0.933. The summed E-state index contributed by atoms with van der Waals surface area (Å²) in [6.45, 7) is 1.58. The summed E-state index contributed by atoms with van der Waals surface area (Å²) in [5, 5.41) is 26.5. The van der Waals surface area contributed by atoms with E-state index in [4.69, 9.17) is 5.11 Å². The van der Waals surface area contributed by atoms with E-state index in [9.17, 15) is 9.90 Å². The van der Waals surface area contributed by atoms with E-state index < -0.39 is 5.97 Å². The van der Waals surface area contributed by atoms with Crippen molar-refractivity contribution in [2.45, 2.75) is 13.7 Å². The van der Waals surface area contributed by atoms with Crippen molar-refractivity contribution in [1.29, 1.82) is 0 Å². The Labute approximate surface area is 126 Å². The van der Waals surface area contributed by atoms with Gasteiger partial charge in [0, 0.05) is 16.8 Å². The first-order chi connectivity index (χ1) is 10.6. The first-order valence-corrected chi connectivity index (χ1v) is 6.76. The molecular weight excluding hydrogens is 282 g/mol. The van der Waals surface area contributed by atoms with Crippen LogP contribution in [-0.2, 0) is 6.73 Å². The van der Waals surface area contributed by atoms with E-state index in [1.54, 1.807) is 31.3 Å². The second-order valence-electron chi connectivity index (χ2n) is 5.02. The number of carbonyl (C=O) groups is 1. The third-order valence-electron chi connectivity index (χ3n) is 3.52. The second-order valence-corrected chi connectivity index (χ2v) is 5.02. The maximum atomic E-state index is 11.0. The predicted octanol–water partition coefficient (Wildman–Crippen LogP) is 2.74. The number of aromatic carboxylic acids is 1. The van der Waals surface area contributed by atoms with Crippen LogP contribution in [0.15, 0.2) is 42.6 Å². The van der Waals surface area contributed by atoms with Gasteiger partial charge in [-0.05, 0) is 48.9 Å². The van der Waals surface area contributed by atoms with Crippen LogP contribution in [0, 0.1) is 6.92 Å². The van der Waals surface area contributed by atoms with Gasteiger partial charge >= 0.3 is 5.97 Å². The van der Waals surface area contributed by atoms with E-state index in [1.165, 1.54) is 4.68 Å². The number of anilines is 2. The predicted molar refractivity (Wildman–Crippen MR) is 83.4 cm³/mol. The van der Waals surface area contributed by atoms with Crippen LogP contribution in [-0.4, -0.2) is 26.0 Å². The Hall–Kier alpha value is -2.86. The summed E-state index contributed by atoms with van der Waals surface area (Å²) < 4.78 is 1.50. The van der Waals surface area contributed by atoms with Gasteiger partial charge in [0.25, 0.3) is 0 Å². The zero-order chi connectivity index (χ0) is 15.7. The highest BCUT2D eigenvalue weighted by Gasteiger charge is 2.08. The molecule has 0 aliphatic carbocycles. The summed E-state index contributed by atoms with van der Waals surface area (Å²) in [7, 11) is 0. The number of aliphatic hydroxyl groups is 1. The molecule has 6 heteroatoms. The van der Waals surface area contributed by atoms with E-state index in [1.807, 2.05) is 18.2 Å². The van der Waals surface area contributed by atoms with Crippen LogP contribution in [0.3, 0.4) is 0 Å². The van der Waals surface area contributed by atoms with Gasteiger partial charge in [-0.15, -0.1) is 0 Å². The summed E-state index contributed by atoms with van der Waals surface area (Å²) >= 11 is 0. The van der Waals surface area contributed by atoms with Gasteiger partial charge in [-0.2, -0.15) is 5.10 Å². The average Bonchev–Trinajstić information content (AvgIpc) is 2.89. The molecule has 0 spiro atoms. The first-order valence-electron chi connectivity index (χ1n) is 6.76. The number of hydrogen-bond donors (Lipinski definition) is 3. The van der Waals surface area contributed by atoms with Crippen LogP contribution < -0.4 is 5.32 Å². The molecule has 3 aromatic rings. The quantitative estimate of drug-likeness (QED) is 0.689. The van der Waals surface area contributed by atoms with Gasteiger partial charge in [0.15, 0.2) is 0 Å². The number of fused-ring (bicyclic) bond motifs is 1. The van der Waals surface area contributed by atoms with Crippen molar-refractivity contribution < 1.29 is 15.0 Å². The van der Waals surface area contributed by atoms with Gasteiger partial charge in [-0.25, -0.2) is 9.48 Å². The van der Waals surface area contributed by atoms with Gasteiger partial charge in [-0.3, -0.25) is 0 Å². The smallest absolute Gasteiger partial charge is 0.335 e. The highest BCUT2D eigenvalue weighted by Crippen LogP contribution is 2.23. The Morgan fingerprint density at radius 1 is 1.23 bits per heavy atom. The second kappa shape index (κ2) is 5.50. The van der Waals surface area contributed by atoms with E-state index in [-0.39, 0.29) is 6.73 Å². The highest BCUT2D eigenvalue weighted by molar-refractivity contribution is 5.90. The van der Waals surface area contributed by atoms with Gasteiger partial charge in [0.05, 0.1) is 17.3 Å². The number of nitrogens with zero attached hydrogens (tertiary/aromatic N) is 2. The van der Waals surface area contributed by atoms with Crippen LogP contribution in [0.25, 0.3) is 10.9 Å². The Balaban J connectivity index is 1.92. The number of aromatic nitrogens is 2. The molecule has 0 aliphatic heterocycles. The number of hydrogen-bond acceptors (Lipinski definition) is 4. The molecule has 2 aromatic carbocycles. The Bertz CT molecular complexity index is 855. The fraction of sp³-hybridized carbons (Fsp3) is 0.125. The fourth-order valence-corrected chi connectivity index (χ4v) is 2.41. The fourth-order valence-electron chi connectivity index (χ4n) is 2.41. The number of rotatable bonds is 4. The lowest BCUT2D eigenvalue weighted by Crippen LogP contribution is -2.01. The first kappa shape index (κ1) is 14.1. The standard InChI is InChI=1S/C16H15N3O3/c1-10-6-12(4-5-14(10)16(21)22)18-13-3-2-11-8-17-19(9-20)15(11)7-13/h2-8,18,20H,9H2,1H3,(H,21,22). The van der Waals surface area contributed by atoms with E-state index in [2.05, 4.69) is 10.4 Å². The summed E-state index contributed by atoms with van der Waals surface area (Å²) in [4.78, 5) is 11.0. The third kappa shape index (κ3) is 2.51. The average molecular weight is 297 g/mol. The van der Waals surface area contributed by atoms with Gasteiger partial charge in [0.1, 0.15) is 6.73 Å². The molecule has 0 saturated heterocycles. The van der Waals surface area contributed by atoms with Crippen molar-refractivity contribution in [3.05, 3.63) is 53.7 Å². The molecule has 1 heterocycles. The topological polar surface area (TPSA) is 87.4 Å². The largest absolute Gasteiger partial charge is 0.478 e. The highest BCUT2D eigenvalue weighted by atomic mass is 16.4. The zero-order valence-corrected chi connectivity index (χ0v) is 11.9. The monoisotopic (exact) mass is 297 g/mol. The van der Waals surface area contributed by atoms with E-state index >= 15 is 0 Å². The molecule has 3 N–H and O–H groups in total. The van der Waals surface area contributed by atoms with E-state index in [0.29, 0.717) is 11.1 Å².